The Labute approximate surface area is 249 Å². The number of amides is 3. The molecule has 3 amide bonds. The van der Waals surface area contributed by atoms with E-state index in [9.17, 15) is 32.7 Å². The maximum absolute atomic E-state index is 12.9. The summed E-state index contributed by atoms with van der Waals surface area (Å²) in [5.74, 6) is -0.679. The Bertz CT molecular complexity index is 1290. The lowest BCUT2D eigenvalue weighted by molar-refractivity contribution is -0.137. The number of β-amino-alcohol motifs (C(OH)–C–C–N with tert-alkyl or cyclic N) is 1. The van der Waals surface area contributed by atoms with Crippen molar-refractivity contribution in [2.75, 3.05) is 32.7 Å². The molecule has 2 aliphatic heterocycles. The molecule has 3 fully saturated rings. The predicted octanol–water partition coefficient (Wildman–Crippen LogP) is 3.95. The summed E-state index contributed by atoms with van der Waals surface area (Å²) in [5, 5.41) is 15.2. The monoisotopic (exact) mass is 600 g/mol. The molecule has 2 heterocycles. The van der Waals surface area contributed by atoms with Gasteiger partial charge in [-0.2, -0.15) is 13.2 Å². The van der Waals surface area contributed by atoms with E-state index < -0.39 is 23.8 Å². The molecule has 2 aromatic rings. The van der Waals surface area contributed by atoms with Crippen LogP contribution < -0.4 is 10.6 Å². The Morgan fingerprint density at radius 1 is 0.884 bits per heavy atom. The number of aliphatic hydroxyl groups excluding tert-OH is 1. The van der Waals surface area contributed by atoms with Crippen LogP contribution in [-0.2, 0) is 11.0 Å². The first-order valence-corrected chi connectivity index (χ1v) is 15.1. The van der Waals surface area contributed by atoms with Gasteiger partial charge in [0.2, 0.25) is 5.91 Å². The van der Waals surface area contributed by atoms with Gasteiger partial charge >= 0.3 is 6.18 Å². The number of nitrogens with one attached hydrogen (secondary N) is 2. The van der Waals surface area contributed by atoms with Crippen LogP contribution in [0.5, 0.6) is 0 Å². The lowest BCUT2D eigenvalue weighted by Gasteiger charge is -2.35. The molecule has 3 N–H and O–H groups in total. The molecule has 2 aromatic carbocycles. The normalized spacial score (nSPS) is 24.9. The minimum absolute atomic E-state index is 0.0252. The van der Waals surface area contributed by atoms with Gasteiger partial charge in [-0.25, -0.2) is 0 Å². The third-order valence-corrected chi connectivity index (χ3v) is 8.97. The molecular weight excluding hydrogens is 561 g/mol. The highest BCUT2D eigenvalue weighted by Crippen LogP contribution is 2.36. The number of piperidine rings is 1. The number of rotatable bonds is 7. The Morgan fingerprint density at radius 2 is 1.63 bits per heavy atom. The number of carbonyl (C=O) groups is 3. The largest absolute Gasteiger partial charge is 0.416 e. The van der Waals surface area contributed by atoms with E-state index in [1.807, 2.05) is 12.1 Å². The van der Waals surface area contributed by atoms with Gasteiger partial charge in [0.05, 0.1) is 18.2 Å². The van der Waals surface area contributed by atoms with E-state index in [0.29, 0.717) is 30.6 Å². The zero-order valence-corrected chi connectivity index (χ0v) is 24.1. The summed E-state index contributed by atoms with van der Waals surface area (Å²) < 4.78 is 38.8. The van der Waals surface area contributed by atoms with Gasteiger partial charge < -0.3 is 20.6 Å². The molecule has 2 atom stereocenters. The van der Waals surface area contributed by atoms with Crippen molar-refractivity contribution in [3.8, 4) is 0 Å². The summed E-state index contributed by atoms with van der Waals surface area (Å²) in [6.07, 6.45) is 1.56. The smallest absolute Gasteiger partial charge is 0.391 e. The fourth-order valence-corrected chi connectivity index (χ4v) is 6.61. The van der Waals surface area contributed by atoms with Crippen LogP contribution in [-0.4, -0.2) is 83.5 Å². The molecule has 0 spiro atoms. The second kappa shape index (κ2) is 13.5. The summed E-state index contributed by atoms with van der Waals surface area (Å²) in [6, 6.07) is 12.4. The Morgan fingerprint density at radius 3 is 2.33 bits per heavy atom. The number of halogens is 3. The molecule has 1 unspecified atom stereocenters. The summed E-state index contributed by atoms with van der Waals surface area (Å²) in [7, 11) is 0. The molecule has 2 saturated heterocycles. The van der Waals surface area contributed by atoms with E-state index in [1.54, 1.807) is 4.90 Å². The van der Waals surface area contributed by atoms with Crippen LogP contribution in [0.1, 0.15) is 82.7 Å². The van der Waals surface area contributed by atoms with Crippen molar-refractivity contribution in [3.05, 3.63) is 70.8 Å². The maximum Gasteiger partial charge on any atom is 0.416 e. The average molecular weight is 601 g/mol. The van der Waals surface area contributed by atoms with Gasteiger partial charge in [0, 0.05) is 49.4 Å². The van der Waals surface area contributed by atoms with E-state index in [-0.39, 0.29) is 30.0 Å². The van der Waals surface area contributed by atoms with E-state index in [1.165, 1.54) is 17.7 Å². The SMILES string of the molecule is O=C(CNC(=O)c1cccc(C(F)(F)F)c1)N[C@@H]1CCN(C2CCC(c3ccc(C(=O)N4CCCC(O)C4)cc3)CC2)C1. The van der Waals surface area contributed by atoms with Gasteiger partial charge in [0.15, 0.2) is 0 Å². The summed E-state index contributed by atoms with van der Waals surface area (Å²) in [5.41, 5.74) is 0.844. The number of likely N-dealkylation sites (tertiary alicyclic amines) is 2. The Hall–Kier alpha value is -3.44. The maximum atomic E-state index is 12.9. The lowest BCUT2D eigenvalue weighted by atomic mass is 9.81. The molecule has 1 aliphatic carbocycles. The minimum atomic E-state index is -4.55. The molecule has 0 radical (unpaired) electrons. The van der Waals surface area contributed by atoms with Crippen molar-refractivity contribution >= 4 is 17.7 Å². The first-order valence-electron chi connectivity index (χ1n) is 15.1. The Kier molecular flexibility index (Phi) is 9.71. The van der Waals surface area contributed by atoms with E-state index in [0.717, 1.165) is 70.2 Å². The average Bonchev–Trinajstić information content (AvgIpc) is 3.47. The van der Waals surface area contributed by atoms with Gasteiger partial charge in [-0.05, 0) is 86.8 Å². The molecule has 232 valence electrons. The molecular formula is C32H39F3N4O4. The fourth-order valence-electron chi connectivity index (χ4n) is 6.61. The van der Waals surface area contributed by atoms with Crippen molar-refractivity contribution in [3.63, 3.8) is 0 Å². The minimum Gasteiger partial charge on any atom is -0.391 e. The Balaban J connectivity index is 1.03. The van der Waals surface area contributed by atoms with Crippen LogP contribution in [0.4, 0.5) is 13.2 Å². The predicted molar refractivity (Wildman–Crippen MR) is 154 cm³/mol. The molecule has 5 rings (SSSR count). The molecule has 3 aliphatic rings. The van der Waals surface area contributed by atoms with E-state index >= 15 is 0 Å². The number of hydrogen-bond acceptors (Lipinski definition) is 5. The molecule has 8 nitrogen and oxygen atoms in total. The quantitative estimate of drug-likeness (QED) is 0.447. The van der Waals surface area contributed by atoms with Gasteiger partial charge in [-0.15, -0.1) is 0 Å². The summed E-state index contributed by atoms with van der Waals surface area (Å²) in [6.45, 7) is 2.37. The molecule has 43 heavy (non-hydrogen) atoms. The number of benzene rings is 2. The number of alkyl halides is 3. The van der Waals surface area contributed by atoms with Gasteiger partial charge in [0.25, 0.3) is 11.8 Å². The topological polar surface area (TPSA) is 102 Å². The highest BCUT2D eigenvalue weighted by atomic mass is 19.4. The highest BCUT2D eigenvalue weighted by molar-refractivity contribution is 5.96. The first kappa shape index (κ1) is 31.0. The zero-order valence-electron chi connectivity index (χ0n) is 24.1. The number of hydrogen-bond donors (Lipinski definition) is 3. The van der Waals surface area contributed by atoms with Crippen molar-refractivity contribution < 1.29 is 32.7 Å². The van der Waals surface area contributed by atoms with Crippen molar-refractivity contribution in [2.45, 2.75) is 75.2 Å². The van der Waals surface area contributed by atoms with Crippen LogP contribution in [0.25, 0.3) is 0 Å². The van der Waals surface area contributed by atoms with Crippen LogP contribution in [0, 0.1) is 0 Å². The number of nitrogens with zero attached hydrogens (tertiary/aromatic N) is 2. The van der Waals surface area contributed by atoms with Gasteiger partial charge in [-0.3, -0.25) is 19.3 Å². The fraction of sp³-hybridized carbons (Fsp3) is 0.531. The lowest BCUT2D eigenvalue weighted by Crippen LogP contribution is -2.44. The molecule has 0 aromatic heterocycles. The first-order chi connectivity index (χ1) is 20.6. The highest BCUT2D eigenvalue weighted by Gasteiger charge is 2.33. The number of aliphatic hydroxyl groups is 1. The van der Waals surface area contributed by atoms with E-state index in [2.05, 4.69) is 27.7 Å². The zero-order chi connectivity index (χ0) is 30.6. The third-order valence-electron chi connectivity index (χ3n) is 8.97. The second-order valence-corrected chi connectivity index (χ2v) is 12.0. The van der Waals surface area contributed by atoms with Crippen LogP contribution in [0.3, 0.4) is 0 Å². The summed E-state index contributed by atoms with van der Waals surface area (Å²) >= 11 is 0. The van der Waals surface area contributed by atoms with Gasteiger partial charge in [0.1, 0.15) is 0 Å². The second-order valence-electron chi connectivity index (χ2n) is 12.0. The number of carbonyl (C=O) groups excluding carboxylic acids is 3. The third kappa shape index (κ3) is 7.94. The van der Waals surface area contributed by atoms with E-state index in [4.69, 9.17) is 0 Å². The van der Waals surface area contributed by atoms with Crippen LogP contribution in [0.15, 0.2) is 48.5 Å². The van der Waals surface area contributed by atoms with Gasteiger partial charge in [-0.1, -0.05) is 18.2 Å². The van der Waals surface area contributed by atoms with Crippen LogP contribution in [0.2, 0.25) is 0 Å². The van der Waals surface area contributed by atoms with Crippen molar-refractivity contribution in [2.24, 2.45) is 0 Å². The molecule has 1 saturated carbocycles. The standard InChI is InChI=1S/C32H39F3N4O4/c33-32(34,35)25-4-1-3-24(17-25)30(42)36-18-29(41)37-26-14-16-38(19-26)27-12-10-22(11-13-27)21-6-8-23(9-7-21)31(43)39-15-2-5-28(40)20-39/h1,3-4,6-9,17,22,26-28,40H,2,5,10-16,18-20H2,(H,36,42)(H,37,41)/t22?,26-,27?,28?/m1/s1. The molecule has 0 bridgehead atoms. The molecule has 11 heteroatoms. The van der Waals surface area contributed by atoms with Crippen LogP contribution >= 0.6 is 0 Å². The van der Waals surface area contributed by atoms with Crippen molar-refractivity contribution in [1.82, 2.24) is 20.4 Å². The summed E-state index contributed by atoms with van der Waals surface area (Å²) in [4.78, 5) is 41.7. The van der Waals surface area contributed by atoms with Crippen molar-refractivity contribution in [1.29, 1.82) is 0 Å².